The molecular formula is C23H25BrCl2O4. The second kappa shape index (κ2) is 10.2. The van der Waals surface area contributed by atoms with Gasteiger partial charge >= 0.3 is 11.9 Å². The molecule has 0 N–H and O–H groups in total. The molecule has 0 bridgehead atoms. The fourth-order valence-electron chi connectivity index (χ4n) is 3.31. The lowest BCUT2D eigenvalue weighted by Gasteiger charge is -2.18. The maximum absolute atomic E-state index is 11.4. The summed E-state index contributed by atoms with van der Waals surface area (Å²) in [6.07, 6.45) is 1.18. The monoisotopic (exact) mass is 514 g/mol. The van der Waals surface area contributed by atoms with Crippen LogP contribution in [0.1, 0.15) is 59.4 Å². The fourth-order valence-corrected chi connectivity index (χ4v) is 4.06. The van der Waals surface area contributed by atoms with Gasteiger partial charge in [0.05, 0.1) is 30.4 Å². The zero-order chi connectivity index (χ0) is 22.6. The first-order chi connectivity index (χ1) is 14.0. The molecule has 4 nitrogen and oxygen atoms in total. The van der Waals surface area contributed by atoms with Gasteiger partial charge < -0.3 is 9.47 Å². The van der Waals surface area contributed by atoms with Gasteiger partial charge in [0, 0.05) is 9.50 Å². The Bertz CT molecular complexity index is 937. The number of halogens is 3. The number of carbonyl (C=O) groups is 2. The molecule has 0 spiro atoms. The molecule has 0 aromatic heterocycles. The van der Waals surface area contributed by atoms with E-state index < -0.39 is 0 Å². The lowest BCUT2D eigenvalue weighted by Crippen LogP contribution is -2.09. The summed E-state index contributed by atoms with van der Waals surface area (Å²) in [6.45, 7) is 6.77. The van der Waals surface area contributed by atoms with E-state index in [1.165, 1.54) is 20.6 Å². The molecule has 0 aliphatic heterocycles. The van der Waals surface area contributed by atoms with Crippen LogP contribution in [0.2, 0.25) is 10.0 Å². The predicted octanol–water partition coefficient (Wildman–Crippen LogP) is 7.17. The molecule has 2 atom stereocenters. The lowest BCUT2D eigenvalue weighted by atomic mass is 9.87. The van der Waals surface area contributed by atoms with E-state index in [-0.39, 0.29) is 11.9 Å². The van der Waals surface area contributed by atoms with E-state index >= 15 is 0 Å². The van der Waals surface area contributed by atoms with Gasteiger partial charge in [0.1, 0.15) is 0 Å². The van der Waals surface area contributed by atoms with Crippen LogP contribution >= 0.6 is 39.1 Å². The average molecular weight is 516 g/mol. The highest BCUT2D eigenvalue weighted by atomic mass is 79.9. The summed E-state index contributed by atoms with van der Waals surface area (Å²) in [6, 6.07) is 10.4. The molecule has 1 aliphatic carbocycles. The van der Waals surface area contributed by atoms with E-state index in [4.69, 9.17) is 23.2 Å². The van der Waals surface area contributed by atoms with Crippen LogP contribution in [0.3, 0.4) is 0 Å². The summed E-state index contributed by atoms with van der Waals surface area (Å²) in [7, 11) is 2.71. The van der Waals surface area contributed by atoms with Crippen LogP contribution < -0.4 is 0 Å². The highest BCUT2D eigenvalue weighted by Crippen LogP contribution is 2.57. The Kier molecular flexibility index (Phi) is 8.37. The molecule has 0 unspecified atom stereocenters. The van der Waals surface area contributed by atoms with Crippen LogP contribution in [0.15, 0.2) is 40.9 Å². The smallest absolute Gasteiger partial charge is 0.337 e. The van der Waals surface area contributed by atoms with Gasteiger partial charge in [-0.3, -0.25) is 0 Å². The summed E-state index contributed by atoms with van der Waals surface area (Å²) in [4.78, 5) is 22.4. The largest absolute Gasteiger partial charge is 0.465 e. The molecule has 2 aromatic rings. The van der Waals surface area contributed by atoms with Crippen LogP contribution in [-0.4, -0.2) is 26.2 Å². The quantitative estimate of drug-likeness (QED) is 0.406. The van der Waals surface area contributed by atoms with Crippen molar-refractivity contribution in [1.29, 1.82) is 0 Å². The molecule has 30 heavy (non-hydrogen) atoms. The van der Waals surface area contributed by atoms with Gasteiger partial charge in [-0.25, -0.2) is 9.59 Å². The third-order valence-corrected chi connectivity index (χ3v) is 6.62. The number of carbonyl (C=O) groups excluding carboxylic acids is 2. The molecule has 0 radical (unpaired) electrons. The van der Waals surface area contributed by atoms with Crippen LogP contribution in [0, 0.1) is 11.3 Å². The molecule has 162 valence electrons. The molecule has 0 heterocycles. The van der Waals surface area contributed by atoms with E-state index in [0.29, 0.717) is 38.4 Å². The van der Waals surface area contributed by atoms with Gasteiger partial charge in [0.2, 0.25) is 0 Å². The van der Waals surface area contributed by atoms with Crippen molar-refractivity contribution in [3.63, 3.8) is 0 Å². The van der Waals surface area contributed by atoms with Crippen LogP contribution in [-0.2, 0) is 9.47 Å². The normalized spacial score (nSPS) is 17.5. The van der Waals surface area contributed by atoms with Crippen LogP contribution in [0.25, 0.3) is 0 Å². The molecule has 3 rings (SSSR count). The molecule has 1 saturated carbocycles. The maximum Gasteiger partial charge on any atom is 0.337 e. The summed E-state index contributed by atoms with van der Waals surface area (Å²) in [5, 5.41) is 1.17. The van der Waals surface area contributed by atoms with Gasteiger partial charge in [-0.15, -0.1) is 0 Å². The molecule has 0 saturated heterocycles. The van der Waals surface area contributed by atoms with Crippen molar-refractivity contribution >= 4 is 51.1 Å². The Balaban J connectivity index is 0.000000232. The Labute approximate surface area is 196 Å². The molecule has 2 aromatic carbocycles. The van der Waals surface area contributed by atoms with Crippen molar-refractivity contribution in [3.8, 4) is 0 Å². The van der Waals surface area contributed by atoms with E-state index in [2.05, 4.69) is 46.2 Å². The van der Waals surface area contributed by atoms with Crippen molar-refractivity contribution in [3.05, 3.63) is 67.6 Å². The van der Waals surface area contributed by atoms with E-state index in [1.54, 1.807) is 30.3 Å². The maximum atomic E-state index is 11.4. The third-order valence-electron chi connectivity index (χ3n) is 5.06. The number of methoxy groups -OCH3 is 2. The second-order valence-corrected chi connectivity index (χ2v) is 9.83. The lowest BCUT2D eigenvalue weighted by molar-refractivity contribution is 0.0592. The van der Waals surface area contributed by atoms with Crippen LogP contribution in [0.4, 0.5) is 0 Å². The fraction of sp³-hybridized carbons (Fsp3) is 0.391. The zero-order valence-electron chi connectivity index (χ0n) is 17.6. The Morgan fingerprint density at radius 2 is 1.43 bits per heavy atom. The predicted molar refractivity (Wildman–Crippen MR) is 124 cm³/mol. The first kappa shape index (κ1) is 24.7. The average Bonchev–Trinajstić information content (AvgIpc) is 3.50. The number of rotatable bonds is 3. The molecule has 0 amide bonds. The highest BCUT2D eigenvalue weighted by Gasteiger charge is 2.46. The van der Waals surface area contributed by atoms with Gasteiger partial charge in [0.25, 0.3) is 0 Å². The first-order valence-electron chi connectivity index (χ1n) is 9.40. The molecule has 1 aliphatic rings. The number of ether oxygens (including phenoxy) is 2. The van der Waals surface area contributed by atoms with Crippen molar-refractivity contribution in [2.45, 2.75) is 33.1 Å². The standard InChI is InChI=1S/C15H19ClO2.C8H6BrClO2/c1-15(2,3)12-8-11(12)10-6-5-9(7-13(10)16)14(17)18-4;1-12-8(11)5-2-3-6(9)7(10)4-5/h5-7,11-12H,8H2,1-4H3;2-4H,1H3/t11-,12+;/m0./s1. The van der Waals surface area contributed by atoms with Gasteiger partial charge in [-0.05, 0) is 75.5 Å². The Morgan fingerprint density at radius 3 is 1.83 bits per heavy atom. The van der Waals surface area contributed by atoms with Crippen LogP contribution in [0.5, 0.6) is 0 Å². The van der Waals surface area contributed by atoms with Gasteiger partial charge in [0.15, 0.2) is 0 Å². The van der Waals surface area contributed by atoms with Crippen molar-refractivity contribution < 1.29 is 19.1 Å². The Hall–Kier alpha value is -1.56. The van der Waals surface area contributed by atoms with E-state index in [0.717, 1.165) is 10.0 Å². The summed E-state index contributed by atoms with van der Waals surface area (Å²) in [5.74, 6) is 0.485. The highest BCUT2D eigenvalue weighted by molar-refractivity contribution is 9.10. The number of hydrogen-bond acceptors (Lipinski definition) is 4. The van der Waals surface area contributed by atoms with Crippen molar-refractivity contribution in [2.75, 3.05) is 14.2 Å². The minimum Gasteiger partial charge on any atom is -0.465 e. The van der Waals surface area contributed by atoms with Crippen molar-refractivity contribution in [1.82, 2.24) is 0 Å². The Morgan fingerprint density at radius 1 is 0.933 bits per heavy atom. The van der Waals surface area contributed by atoms with Crippen molar-refractivity contribution in [2.24, 2.45) is 11.3 Å². The molecule has 1 fully saturated rings. The topological polar surface area (TPSA) is 52.6 Å². The van der Waals surface area contributed by atoms with E-state index in [1.807, 2.05) is 6.07 Å². The number of esters is 2. The summed E-state index contributed by atoms with van der Waals surface area (Å²) < 4.78 is 9.96. The molecule has 7 heteroatoms. The van der Waals surface area contributed by atoms with E-state index in [9.17, 15) is 9.59 Å². The SMILES string of the molecule is COC(=O)c1ccc(Br)c(Cl)c1.COC(=O)c1ccc([C@@H]2C[C@H]2C(C)(C)C)c(Cl)c1. The summed E-state index contributed by atoms with van der Waals surface area (Å²) >= 11 is 15.2. The van der Waals surface area contributed by atoms with Gasteiger partial charge in [-0.2, -0.15) is 0 Å². The number of benzene rings is 2. The third kappa shape index (κ3) is 6.22. The minimum absolute atomic E-state index is 0.315. The zero-order valence-corrected chi connectivity index (χ0v) is 20.7. The minimum atomic E-state index is -0.385. The number of hydrogen-bond donors (Lipinski definition) is 0. The van der Waals surface area contributed by atoms with Gasteiger partial charge in [-0.1, -0.05) is 50.0 Å². The molecular weight excluding hydrogens is 491 g/mol. The first-order valence-corrected chi connectivity index (χ1v) is 11.0. The summed E-state index contributed by atoms with van der Waals surface area (Å²) in [5.41, 5.74) is 2.43. The second-order valence-electron chi connectivity index (χ2n) is 8.16.